The van der Waals surface area contributed by atoms with Gasteiger partial charge in [-0.15, -0.1) is 0 Å². The number of benzene rings is 1. The molecule has 5 heteroatoms. The molecule has 0 saturated carbocycles. The van der Waals surface area contributed by atoms with E-state index in [2.05, 4.69) is 62.3 Å². The van der Waals surface area contributed by atoms with Crippen molar-refractivity contribution in [1.82, 2.24) is 20.0 Å². The van der Waals surface area contributed by atoms with Crippen LogP contribution < -0.4 is 5.32 Å². The molecule has 0 radical (unpaired) electrons. The molecule has 3 rings (SSSR count). The number of guanidine groups is 1. The number of piperidine rings is 1. The fourth-order valence-electron chi connectivity index (χ4n) is 4.23. The van der Waals surface area contributed by atoms with Crippen molar-refractivity contribution in [2.45, 2.75) is 39.2 Å². The number of piperazine rings is 1. The molecule has 0 aliphatic carbocycles. The van der Waals surface area contributed by atoms with Gasteiger partial charge in [0.05, 0.1) is 0 Å². The summed E-state index contributed by atoms with van der Waals surface area (Å²) in [5.41, 5.74) is 1.43. The molecule has 0 spiro atoms. The molecule has 156 valence electrons. The predicted molar refractivity (Wildman–Crippen MR) is 119 cm³/mol. The second kappa shape index (κ2) is 11.4. The van der Waals surface area contributed by atoms with Crippen molar-refractivity contribution in [3.05, 3.63) is 35.9 Å². The molecule has 2 fully saturated rings. The van der Waals surface area contributed by atoms with Gasteiger partial charge in [-0.05, 0) is 43.7 Å². The van der Waals surface area contributed by atoms with E-state index in [1.54, 1.807) is 0 Å². The summed E-state index contributed by atoms with van der Waals surface area (Å²) in [6.07, 6.45) is 5.06. The van der Waals surface area contributed by atoms with Gasteiger partial charge in [0, 0.05) is 59.4 Å². The Labute approximate surface area is 171 Å². The predicted octanol–water partition coefficient (Wildman–Crippen LogP) is 2.89. The minimum Gasteiger partial charge on any atom is -0.356 e. The summed E-state index contributed by atoms with van der Waals surface area (Å²) in [6.45, 7) is 12.8. The molecular weight excluding hydrogens is 346 g/mol. The van der Waals surface area contributed by atoms with Crippen LogP contribution in [0.15, 0.2) is 35.3 Å². The minimum absolute atomic E-state index is 0.863. The van der Waals surface area contributed by atoms with Crippen molar-refractivity contribution >= 4 is 5.96 Å². The topological polar surface area (TPSA) is 34.1 Å². The van der Waals surface area contributed by atoms with Crippen LogP contribution in [0.3, 0.4) is 0 Å². The van der Waals surface area contributed by atoms with E-state index >= 15 is 0 Å². The van der Waals surface area contributed by atoms with Gasteiger partial charge in [0.15, 0.2) is 5.96 Å². The summed E-state index contributed by atoms with van der Waals surface area (Å²) in [5, 5.41) is 3.58. The molecule has 2 aliphatic heterocycles. The Morgan fingerprint density at radius 3 is 2.32 bits per heavy atom. The largest absolute Gasteiger partial charge is 0.356 e. The first-order valence-corrected chi connectivity index (χ1v) is 11.2. The summed E-state index contributed by atoms with van der Waals surface area (Å²) in [7, 11) is 1.91. The van der Waals surface area contributed by atoms with E-state index < -0.39 is 0 Å². The van der Waals surface area contributed by atoms with Crippen LogP contribution in [0.4, 0.5) is 0 Å². The summed E-state index contributed by atoms with van der Waals surface area (Å²) in [6, 6.07) is 10.8. The van der Waals surface area contributed by atoms with Gasteiger partial charge >= 0.3 is 0 Å². The fraction of sp³-hybridized carbons (Fsp3) is 0.696. The first-order chi connectivity index (χ1) is 13.7. The molecule has 5 nitrogen and oxygen atoms in total. The summed E-state index contributed by atoms with van der Waals surface area (Å²) < 4.78 is 0. The lowest BCUT2D eigenvalue weighted by atomic mass is 10.00. The van der Waals surface area contributed by atoms with Gasteiger partial charge in [-0.2, -0.15) is 0 Å². The number of unbranched alkanes of at least 4 members (excludes halogenated alkanes) is 1. The van der Waals surface area contributed by atoms with E-state index in [1.165, 1.54) is 64.0 Å². The highest BCUT2D eigenvalue weighted by Crippen LogP contribution is 2.15. The van der Waals surface area contributed by atoms with E-state index in [-0.39, 0.29) is 0 Å². The van der Waals surface area contributed by atoms with Gasteiger partial charge in [0.25, 0.3) is 0 Å². The van der Waals surface area contributed by atoms with Crippen molar-refractivity contribution in [2.75, 3.05) is 59.4 Å². The average Bonchev–Trinajstić information content (AvgIpc) is 2.73. The lowest BCUT2D eigenvalue weighted by Crippen LogP contribution is -2.46. The normalized spacial score (nSPS) is 20.5. The van der Waals surface area contributed by atoms with Crippen LogP contribution in [-0.2, 0) is 6.54 Å². The number of likely N-dealkylation sites (tertiary alicyclic amines) is 1. The van der Waals surface area contributed by atoms with Crippen LogP contribution in [0.2, 0.25) is 0 Å². The number of hydrogen-bond acceptors (Lipinski definition) is 3. The SMILES string of the molecule is CN=C(NCCCCN1CCN(Cc2ccccc2)CC1)N1CCC(C)CC1. The zero-order valence-corrected chi connectivity index (χ0v) is 17.9. The quantitative estimate of drug-likeness (QED) is 0.445. The number of rotatable bonds is 7. The van der Waals surface area contributed by atoms with Crippen LogP contribution in [-0.4, -0.2) is 80.1 Å². The molecule has 0 amide bonds. The van der Waals surface area contributed by atoms with E-state index in [0.29, 0.717) is 0 Å². The Morgan fingerprint density at radius 1 is 0.964 bits per heavy atom. The zero-order valence-electron chi connectivity index (χ0n) is 17.9. The number of nitrogens with zero attached hydrogens (tertiary/aromatic N) is 4. The van der Waals surface area contributed by atoms with Crippen molar-refractivity contribution in [3.63, 3.8) is 0 Å². The van der Waals surface area contributed by atoms with Crippen LogP contribution >= 0.6 is 0 Å². The third-order valence-electron chi connectivity index (χ3n) is 6.19. The first-order valence-electron chi connectivity index (χ1n) is 11.2. The molecule has 0 aromatic heterocycles. The monoisotopic (exact) mass is 385 g/mol. The number of aliphatic imine (C=N–C) groups is 1. The Balaban J connectivity index is 1.25. The molecule has 2 aliphatic rings. The van der Waals surface area contributed by atoms with Gasteiger partial charge < -0.3 is 15.1 Å². The standard InChI is InChI=1S/C23H39N5/c1-21-10-14-28(15-11-21)23(24-2)25-12-6-7-13-26-16-18-27(19-17-26)20-22-8-4-3-5-9-22/h3-5,8-9,21H,6-7,10-20H2,1-2H3,(H,24,25). The first kappa shape index (κ1) is 21.1. The van der Waals surface area contributed by atoms with Gasteiger partial charge in [-0.25, -0.2) is 0 Å². The second-order valence-electron chi connectivity index (χ2n) is 8.45. The third kappa shape index (κ3) is 6.78. The maximum absolute atomic E-state index is 4.48. The molecular formula is C23H39N5. The van der Waals surface area contributed by atoms with Crippen molar-refractivity contribution < 1.29 is 0 Å². The summed E-state index contributed by atoms with van der Waals surface area (Å²) in [4.78, 5) is 12.1. The molecule has 1 N–H and O–H groups in total. The van der Waals surface area contributed by atoms with E-state index in [4.69, 9.17) is 0 Å². The highest BCUT2D eigenvalue weighted by molar-refractivity contribution is 5.79. The van der Waals surface area contributed by atoms with E-state index in [0.717, 1.165) is 38.1 Å². The Kier molecular flexibility index (Phi) is 8.62. The molecule has 2 saturated heterocycles. The average molecular weight is 386 g/mol. The second-order valence-corrected chi connectivity index (χ2v) is 8.45. The van der Waals surface area contributed by atoms with Crippen molar-refractivity contribution in [3.8, 4) is 0 Å². The molecule has 1 aromatic rings. The molecule has 2 heterocycles. The number of nitrogens with one attached hydrogen (secondary N) is 1. The molecule has 1 aromatic carbocycles. The van der Waals surface area contributed by atoms with E-state index in [9.17, 15) is 0 Å². The molecule has 28 heavy (non-hydrogen) atoms. The summed E-state index contributed by atoms with van der Waals surface area (Å²) in [5.74, 6) is 1.96. The lowest BCUT2D eigenvalue weighted by molar-refractivity contribution is 0.126. The lowest BCUT2D eigenvalue weighted by Gasteiger charge is -2.35. The van der Waals surface area contributed by atoms with Crippen LogP contribution in [0, 0.1) is 5.92 Å². The van der Waals surface area contributed by atoms with Crippen LogP contribution in [0.5, 0.6) is 0 Å². The highest BCUT2D eigenvalue weighted by Gasteiger charge is 2.19. The summed E-state index contributed by atoms with van der Waals surface area (Å²) >= 11 is 0. The third-order valence-corrected chi connectivity index (χ3v) is 6.19. The minimum atomic E-state index is 0.863. The Morgan fingerprint density at radius 2 is 1.64 bits per heavy atom. The Bertz CT molecular complexity index is 572. The van der Waals surface area contributed by atoms with Gasteiger partial charge in [0.2, 0.25) is 0 Å². The smallest absolute Gasteiger partial charge is 0.193 e. The molecule has 0 atom stereocenters. The van der Waals surface area contributed by atoms with E-state index in [1.807, 2.05) is 7.05 Å². The van der Waals surface area contributed by atoms with Crippen molar-refractivity contribution in [1.29, 1.82) is 0 Å². The van der Waals surface area contributed by atoms with Gasteiger partial charge in [0.1, 0.15) is 0 Å². The number of hydrogen-bond donors (Lipinski definition) is 1. The van der Waals surface area contributed by atoms with Crippen LogP contribution in [0.25, 0.3) is 0 Å². The fourth-order valence-corrected chi connectivity index (χ4v) is 4.23. The highest BCUT2D eigenvalue weighted by atomic mass is 15.3. The van der Waals surface area contributed by atoms with Gasteiger partial charge in [-0.1, -0.05) is 37.3 Å². The molecule has 0 bridgehead atoms. The van der Waals surface area contributed by atoms with Gasteiger partial charge in [-0.3, -0.25) is 9.89 Å². The zero-order chi connectivity index (χ0) is 19.6. The maximum atomic E-state index is 4.48. The maximum Gasteiger partial charge on any atom is 0.193 e. The molecule has 0 unspecified atom stereocenters. The van der Waals surface area contributed by atoms with Crippen molar-refractivity contribution in [2.24, 2.45) is 10.9 Å². The van der Waals surface area contributed by atoms with Crippen LogP contribution in [0.1, 0.15) is 38.2 Å². The Hall–Kier alpha value is -1.59.